The van der Waals surface area contributed by atoms with E-state index >= 15 is 0 Å². The van der Waals surface area contributed by atoms with Crippen LogP contribution in [0.5, 0.6) is 0 Å². The van der Waals surface area contributed by atoms with Crippen molar-refractivity contribution in [2.24, 2.45) is 0 Å². The number of methoxy groups -OCH3 is 1. The minimum atomic E-state index is -0.656. The van der Waals surface area contributed by atoms with Crippen LogP contribution in [0.25, 0.3) is 0 Å². The third-order valence-electron chi connectivity index (χ3n) is 2.97. The molecule has 0 fully saturated rings. The van der Waals surface area contributed by atoms with E-state index in [2.05, 4.69) is 6.92 Å². The van der Waals surface area contributed by atoms with E-state index in [1.54, 1.807) is 6.92 Å². The van der Waals surface area contributed by atoms with Gasteiger partial charge in [-0.15, -0.1) is 0 Å². The van der Waals surface area contributed by atoms with Crippen LogP contribution in [0.1, 0.15) is 39.5 Å². The summed E-state index contributed by atoms with van der Waals surface area (Å²) >= 11 is 0. The van der Waals surface area contributed by atoms with Crippen molar-refractivity contribution in [2.45, 2.75) is 45.6 Å². The molecule has 0 aliphatic carbocycles. The molecular weight excluding hydrogens is 262 g/mol. The lowest BCUT2D eigenvalue weighted by molar-refractivity contribution is -0.148. The Balaban J connectivity index is 3.93. The molecule has 0 radical (unpaired) electrons. The molecule has 1 atom stereocenters. The van der Waals surface area contributed by atoms with Gasteiger partial charge in [0.25, 0.3) is 0 Å². The van der Waals surface area contributed by atoms with E-state index < -0.39 is 18.1 Å². The Morgan fingerprint density at radius 3 is 2.35 bits per heavy atom. The molecule has 0 aliphatic heterocycles. The zero-order chi connectivity index (χ0) is 15.4. The van der Waals surface area contributed by atoms with E-state index in [9.17, 15) is 9.59 Å². The van der Waals surface area contributed by atoms with Crippen LogP contribution in [0, 0.1) is 0 Å². The monoisotopic (exact) mass is 289 g/mol. The van der Waals surface area contributed by atoms with Gasteiger partial charge in [-0.25, -0.2) is 9.59 Å². The minimum absolute atomic E-state index is 0.165. The summed E-state index contributed by atoms with van der Waals surface area (Å²) in [7, 11) is 3.04. The highest BCUT2D eigenvalue weighted by molar-refractivity contribution is 5.80. The van der Waals surface area contributed by atoms with Crippen LogP contribution in [0.4, 0.5) is 4.79 Å². The van der Waals surface area contributed by atoms with E-state index in [1.165, 1.54) is 19.1 Å². The average molecular weight is 289 g/mol. The number of hydrogen-bond donors (Lipinski definition) is 0. The van der Waals surface area contributed by atoms with Crippen molar-refractivity contribution in [3.63, 3.8) is 0 Å². The standard InChI is InChI=1S/C14H27NO5/c1-5-6-7-8-9-19-13(16)12(2)15(3)14(17)20-11-10-18-4/h12H,5-11H2,1-4H3. The van der Waals surface area contributed by atoms with Crippen molar-refractivity contribution in [1.82, 2.24) is 4.90 Å². The molecule has 20 heavy (non-hydrogen) atoms. The summed E-state index contributed by atoms with van der Waals surface area (Å²) in [4.78, 5) is 24.6. The number of likely N-dealkylation sites (N-methyl/N-ethyl adjacent to an activating group) is 1. The predicted octanol–water partition coefficient (Wildman–Crippen LogP) is 2.21. The largest absolute Gasteiger partial charge is 0.464 e. The van der Waals surface area contributed by atoms with E-state index in [-0.39, 0.29) is 6.61 Å². The first-order chi connectivity index (χ1) is 9.54. The molecule has 0 aliphatic rings. The molecule has 0 aromatic rings. The molecule has 6 heteroatoms. The quantitative estimate of drug-likeness (QED) is 0.456. The number of amides is 1. The van der Waals surface area contributed by atoms with Gasteiger partial charge in [-0.3, -0.25) is 4.90 Å². The van der Waals surface area contributed by atoms with Gasteiger partial charge >= 0.3 is 12.1 Å². The smallest absolute Gasteiger partial charge is 0.410 e. The Bertz CT molecular complexity index is 283. The van der Waals surface area contributed by atoms with E-state index in [0.717, 1.165) is 25.7 Å². The summed E-state index contributed by atoms with van der Waals surface area (Å²) in [5.74, 6) is -0.410. The highest BCUT2D eigenvalue weighted by Crippen LogP contribution is 2.04. The number of carbonyl (C=O) groups excluding carboxylic acids is 2. The fourth-order valence-corrected chi connectivity index (χ4v) is 1.45. The Morgan fingerprint density at radius 2 is 1.75 bits per heavy atom. The number of unbranched alkanes of at least 4 members (excludes halogenated alkanes) is 3. The van der Waals surface area contributed by atoms with Crippen molar-refractivity contribution in [2.75, 3.05) is 34.0 Å². The third-order valence-corrected chi connectivity index (χ3v) is 2.97. The second-order valence-electron chi connectivity index (χ2n) is 4.62. The molecule has 0 N–H and O–H groups in total. The molecule has 0 rings (SSSR count). The van der Waals surface area contributed by atoms with Gasteiger partial charge in [0.2, 0.25) is 0 Å². The van der Waals surface area contributed by atoms with E-state index in [0.29, 0.717) is 13.2 Å². The first kappa shape index (κ1) is 18.7. The summed E-state index contributed by atoms with van der Waals surface area (Å²) in [5.41, 5.74) is 0. The van der Waals surface area contributed by atoms with Gasteiger partial charge in [0.15, 0.2) is 0 Å². The summed E-state index contributed by atoms with van der Waals surface area (Å²) in [6.45, 7) is 4.63. The maximum Gasteiger partial charge on any atom is 0.410 e. The van der Waals surface area contributed by atoms with E-state index in [4.69, 9.17) is 14.2 Å². The van der Waals surface area contributed by atoms with Gasteiger partial charge in [-0.05, 0) is 13.3 Å². The highest BCUT2D eigenvalue weighted by Gasteiger charge is 2.24. The van der Waals surface area contributed by atoms with Crippen LogP contribution < -0.4 is 0 Å². The number of carbonyl (C=O) groups is 2. The molecule has 0 saturated carbocycles. The van der Waals surface area contributed by atoms with Crippen LogP contribution >= 0.6 is 0 Å². The fourth-order valence-electron chi connectivity index (χ4n) is 1.45. The SMILES string of the molecule is CCCCCCOC(=O)C(C)N(C)C(=O)OCCOC. The molecule has 1 unspecified atom stereocenters. The number of nitrogens with zero attached hydrogens (tertiary/aromatic N) is 1. The molecule has 0 spiro atoms. The van der Waals surface area contributed by atoms with Gasteiger partial charge in [-0.2, -0.15) is 0 Å². The van der Waals surface area contributed by atoms with Crippen LogP contribution in [0.15, 0.2) is 0 Å². The second-order valence-corrected chi connectivity index (χ2v) is 4.62. The van der Waals surface area contributed by atoms with Gasteiger partial charge in [0.05, 0.1) is 13.2 Å². The molecule has 6 nitrogen and oxygen atoms in total. The van der Waals surface area contributed by atoms with Gasteiger partial charge < -0.3 is 14.2 Å². The lowest BCUT2D eigenvalue weighted by atomic mass is 10.2. The lowest BCUT2D eigenvalue weighted by Gasteiger charge is -2.22. The normalized spacial score (nSPS) is 11.8. The summed E-state index contributed by atoms with van der Waals surface area (Å²) in [6, 6.07) is -0.656. The third kappa shape index (κ3) is 7.99. The lowest BCUT2D eigenvalue weighted by Crippen LogP contribution is -2.42. The van der Waals surface area contributed by atoms with Crippen LogP contribution in [0.3, 0.4) is 0 Å². The molecule has 0 aromatic heterocycles. The van der Waals surface area contributed by atoms with Gasteiger partial charge in [-0.1, -0.05) is 26.2 Å². The van der Waals surface area contributed by atoms with Crippen molar-refractivity contribution in [1.29, 1.82) is 0 Å². The number of ether oxygens (including phenoxy) is 3. The molecule has 118 valence electrons. The molecule has 0 aromatic carbocycles. The molecule has 0 bridgehead atoms. The van der Waals surface area contributed by atoms with Crippen molar-refractivity contribution in [3.8, 4) is 0 Å². The first-order valence-electron chi connectivity index (χ1n) is 7.09. The van der Waals surface area contributed by atoms with Crippen LogP contribution in [-0.4, -0.2) is 57.0 Å². The Morgan fingerprint density at radius 1 is 1.05 bits per heavy atom. The number of hydrogen-bond acceptors (Lipinski definition) is 5. The zero-order valence-electron chi connectivity index (χ0n) is 13.0. The van der Waals surface area contributed by atoms with Crippen molar-refractivity contribution in [3.05, 3.63) is 0 Å². The maximum absolute atomic E-state index is 11.8. The summed E-state index contributed by atoms with van der Waals surface area (Å²) < 4.78 is 14.8. The second kappa shape index (κ2) is 11.5. The molecule has 0 saturated heterocycles. The first-order valence-corrected chi connectivity index (χ1v) is 7.09. The number of esters is 1. The molecule has 0 heterocycles. The topological polar surface area (TPSA) is 65.1 Å². The number of rotatable bonds is 10. The van der Waals surface area contributed by atoms with Crippen LogP contribution in [0.2, 0.25) is 0 Å². The Labute approximate surface area is 121 Å². The fraction of sp³-hybridized carbons (Fsp3) is 0.857. The minimum Gasteiger partial charge on any atom is -0.464 e. The molecular formula is C14H27NO5. The van der Waals surface area contributed by atoms with Gasteiger partial charge in [0.1, 0.15) is 12.6 Å². The average Bonchev–Trinajstić information content (AvgIpc) is 2.45. The van der Waals surface area contributed by atoms with Crippen LogP contribution in [-0.2, 0) is 19.0 Å². The maximum atomic E-state index is 11.8. The van der Waals surface area contributed by atoms with Gasteiger partial charge in [0, 0.05) is 14.2 Å². The zero-order valence-corrected chi connectivity index (χ0v) is 13.0. The predicted molar refractivity (Wildman–Crippen MR) is 75.6 cm³/mol. The molecule has 1 amide bonds. The van der Waals surface area contributed by atoms with Crippen molar-refractivity contribution >= 4 is 12.1 Å². The summed E-state index contributed by atoms with van der Waals surface area (Å²) in [6.07, 6.45) is 3.62. The Kier molecular flexibility index (Phi) is 10.8. The highest BCUT2D eigenvalue weighted by atomic mass is 16.6. The van der Waals surface area contributed by atoms with Crippen molar-refractivity contribution < 1.29 is 23.8 Å². The Hall–Kier alpha value is -1.30. The summed E-state index contributed by atoms with van der Waals surface area (Å²) in [5, 5.41) is 0. The van der Waals surface area contributed by atoms with E-state index in [1.807, 2.05) is 0 Å².